The molecule has 0 aliphatic heterocycles. The number of hydrogen-bond acceptors (Lipinski definition) is 3. The molecule has 0 aromatic heterocycles. The molecule has 0 rings (SSSR count). The third-order valence-corrected chi connectivity index (χ3v) is 1.21. The summed E-state index contributed by atoms with van der Waals surface area (Å²) in [7, 11) is 0. The van der Waals surface area contributed by atoms with E-state index in [2.05, 4.69) is 13.8 Å². The van der Waals surface area contributed by atoms with Gasteiger partial charge >= 0.3 is 0 Å². The molecule has 0 fully saturated rings. The summed E-state index contributed by atoms with van der Waals surface area (Å²) >= 11 is 0. The minimum absolute atomic E-state index is 0.500. The Morgan fingerprint density at radius 3 is 1.00 bits per heavy atom. The molecule has 0 amide bonds. The van der Waals surface area contributed by atoms with E-state index in [1.54, 1.807) is 0 Å². The largest absolute Gasteiger partial charge is 0.724 e. The molecular weight excluding hydrogens is 210 g/mol. The third-order valence-electron chi connectivity index (χ3n) is 1.21. The van der Waals surface area contributed by atoms with Gasteiger partial charge in [0.15, 0.2) is 0 Å². The zero-order valence-electron chi connectivity index (χ0n) is 9.60. The second-order valence-electron chi connectivity index (χ2n) is 2.33. The first-order valence-corrected chi connectivity index (χ1v) is 4.70. The topological polar surface area (TPSA) is 118 Å². The van der Waals surface area contributed by atoms with Crippen LogP contribution in [0.4, 0.5) is 0 Å². The van der Waals surface area contributed by atoms with E-state index >= 15 is 0 Å². The highest BCUT2D eigenvalue weighted by Crippen LogP contribution is 2.00. The first-order valence-electron chi connectivity index (χ1n) is 4.70. The molecule has 0 radical (unpaired) electrons. The molecule has 0 bridgehead atoms. The lowest BCUT2D eigenvalue weighted by Crippen LogP contribution is -1.70. The number of carbonyl (C=O) groups excluding carboxylic acids is 3. The molecule has 6 heteroatoms. The molecule has 0 aliphatic carbocycles. The van der Waals surface area contributed by atoms with E-state index in [1.165, 1.54) is 32.1 Å². The van der Waals surface area contributed by atoms with Crippen LogP contribution in [0.15, 0.2) is 0 Å². The van der Waals surface area contributed by atoms with Gasteiger partial charge in [0.05, 0.1) is 0 Å². The summed E-state index contributed by atoms with van der Waals surface area (Å²) in [6, 6.07) is 0. The van der Waals surface area contributed by atoms with E-state index in [1.807, 2.05) is 0 Å². The van der Waals surface area contributed by atoms with Crippen molar-refractivity contribution in [3.05, 3.63) is 16.2 Å². The molecule has 0 N–H and O–H groups in total. The van der Waals surface area contributed by atoms with Crippen molar-refractivity contribution in [2.24, 2.45) is 0 Å². The van der Waals surface area contributed by atoms with Crippen LogP contribution in [-0.2, 0) is 14.4 Å². The summed E-state index contributed by atoms with van der Waals surface area (Å²) < 4.78 is 0. The molecule has 0 unspecified atom stereocenters. The predicted octanol–water partition coefficient (Wildman–Crippen LogP) is 2.65. The lowest BCUT2D eigenvalue weighted by atomic mass is 10.2. The average Bonchev–Trinajstić information content (AvgIpc) is 2.22. The summed E-state index contributed by atoms with van der Waals surface area (Å²) in [6.07, 6.45) is 8.51. The second-order valence-corrected chi connectivity index (χ2v) is 2.33. The Hall–Kier alpha value is -1.86. The number of nitrogens with zero attached hydrogens (tertiary/aromatic N) is 3. The first kappa shape index (κ1) is 23.7. The van der Waals surface area contributed by atoms with Crippen molar-refractivity contribution in [2.75, 3.05) is 0 Å². The Balaban J connectivity index is -0.0000000677. The molecule has 92 valence electrons. The van der Waals surface area contributed by atoms with E-state index in [-0.39, 0.29) is 0 Å². The SMILES string of the molecule is CCCCCCC.[N-]=C=O.[N-]=C=O.[N-]=C=O. The van der Waals surface area contributed by atoms with E-state index in [4.69, 9.17) is 30.6 Å². The highest BCUT2D eigenvalue weighted by molar-refractivity contribution is 5.37. The van der Waals surface area contributed by atoms with Crippen LogP contribution in [0.2, 0.25) is 0 Å². The molecule has 0 spiro atoms. The molecule has 0 saturated carbocycles. The highest BCUT2D eigenvalue weighted by atomic mass is 16.1. The van der Waals surface area contributed by atoms with Gasteiger partial charge in [-0.05, 0) is 18.2 Å². The molecule has 16 heavy (non-hydrogen) atoms. The summed E-state index contributed by atoms with van der Waals surface area (Å²) in [5.74, 6) is 0. The van der Waals surface area contributed by atoms with Crippen LogP contribution in [0.5, 0.6) is 0 Å². The summed E-state index contributed by atoms with van der Waals surface area (Å²) in [6.45, 7) is 4.49. The van der Waals surface area contributed by atoms with E-state index in [0.29, 0.717) is 18.2 Å². The molecule has 0 heterocycles. The van der Waals surface area contributed by atoms with Crippen molar-refractivity contribution in [1.82, 2.24) is 0 Å². The Labute approximate surface area is 95.6 Å². The maximum atomic E-state index is 8.24. The summed E-state index contributed by atoms with van der Waals surface area (Å²) in [4.78, 5) is 24.7. The number of isocyanates is 3. The summed E-state index contributed by atoms with van der Waals surface area (Å²) in [5, 5.41) is 20.3. The van der Waals surface area contributed by atoms with Gasteiger partial charge in [0.2, 0.25) is 0 Å². The number of rotatable bonds is 4. The standard InChI is InChI=1S/C7H16.3CNO/c1-3-5-7-6-4-2;3*2-1-3/h3-7H2,1-2H3;;;/q;3*-1. The Morgan fingerprint density at radius 2 is 0.875 bits per heavy atom. The van der Waals surface area contributed by atoms with Crippen molar-refractivity contribution in [3.8, 4) is 0 Å². The molecular formula is C10H16N3O3-3. The molecule has 0 aromatic rings. The van der Waals surface area contributed by atoms with Gasteiger partial charge in [-0.2, -0.15) is 0 Å². The Morgan fingerprint density at radius 1 is 0.688 bits per heavy atom. The zero-order chi connectivity index (χ0) is 13.7. The quantitative estimate of drug-likeness (QED) is 0.416. The van der Waals surface area contributed by atoms with Crippen molar-refractivity contribution in [1.29, 1.82) is 0 Å². The monoisotopic (exact) mass is 226 g/mol. The fourth-order valence-corrected chi connectivity index (χ4v) is 0.677. The third kappa shape index (κ3) is 329. The zero-order valence-corrected chi connectivity index (χ0v) is 9.60. The van der Waals surface area contributed by atoms with Gasteiger partial charge in [0, 0.05) is 0 Å². The number of unbranched alkanes of at least 4 members (excludes halogenated alkanes) is 4. The fourth-order valence-electron chi connectivity index (χ4n) is 0.677. The van der Waals surface area contributed by atoms with E-state index in [0.717, 1.165) is 0 Å². The van der Waals surface area contributed by atoms with Gasteiger partial charge in [-0.15, -0.1) is 0 Å². The van der Waals surface area contributed by atoms with Crippen molar-refractivity contribution in [2.45, 2.75) is 46.0 Å². The minimum atomic E-state index is 0.500. The molecule has 0 aromatic carbocycles. The molecule has 0 aliphatic rings. The lowest BCUT2D eigenvalue weighted by Gasteiger charge is -1.90. The van der Waals surface area contributed by atoms with Crippen LogP contribution >= 0.6 is 0 Å². The first-order chi connectivity index (χ1) is 7.66. The van der Waals surface area contributed by atoms with Crippen LogP contribution in [0, 0.1) is 0 Å². The van der Waals surface area contributed by atoms with Crippen LogP contribution < -0.4 is 0 Å². The molecule has 0 saturated heterocycles. The van der Waals surface area contributed by atoms with Crippen molar-refractivity contribution < 1.29 is 14.4 Å². The van der Waals surface area contributed by atoms with Crippen LogP contribution in [0.3, 0.4) is 0 Å². The lowest BCUT2D eigenvalue weighted by molar-refractivity contribution is 0.568. The van der Waals surface area contributed by atoms with Gasteiger partial charge in [0.1, 0.15) is 0 Å². The van der Waals surface area contributed by atoms with Gasteiger partial charge in [-0.1, -0.05) is 46.0 Å². The van der Waals surface area contributed by atoms with Crippen molar-refractivity contribution >= 4 is 18.2 Å². The van der Waals surface area contributed by atoms with Crippen LogP contribution in [0.25, 0.3) is 16.2 Å². The van der Waals surface area contributed by atoms with Crippen LogP contribution in [-0.4, -0.2) is 18.2 Å². The fraction of sp³-hybridized carbons (Fsp3) is 0.700. The highest BCUT2D eigenvalue weighted by Gasteiger charge is 1.80. The average molecular weight is 226 g/mol. The second kappa shape index (κ2) is 51.4. The minimum Gasteiger partial charge on any atom is -0.724 e. The normalized spacial score (nSPS) is 5.62. The summed E-state index contributed by atoms with van der Waals surface area (Å²) in [5.41, 5.74) is 0. The predicted molar refractivity (Wildman–Crippen MR) is 61.6 cm³/mol. The van der Waals surface area contributed by atoms with Gasteiger partial charge < -0.3 is 16.2 Å². The van der Waals surface area contributed by atoms with Crippen molar-refractivity contribution in [3.63, 3.8) is 0 Å². The Kier molecular flexibility index (Phi) is 76.2. The molecule has 0 atom stereocenters. The Bertz CT molecular complexity index is 167. The smallest absolute Gasteiger partial charge is 0.0159 e. The van der Waals surface area contributed by atoms with Gasteiger partial charge in [-0.3, -0.25) is 14.4 Å². The van der Waals surface area contributed by atoms with Gasteiger partial charge in [-0.25, -0.2) is 0 Å². The van der Waals surface area contributed by atoms with E-state index < -0.39 is 0 Å². The van der Waals surface area contributed by atoms with E-state index in [9.17, 15) is 0 Å². The number of hydrogen-bond donors (Lipinski definition) is 0. The maximum Gasteiger partial charge on any atom is -0.0159 e. The van der Waals surface area contributed by atoms with Gasteiger partial charge in [0.25, 0.3) is 0 Å². The maximum absolute atomic E-state index is 8.24. The molecule has 6 nitrogen and oxygen atoms in total. The van der Waals surface area contributed by atoms with Crippen LogP contribution in [0.1, 0.15) is 46.0 Å².